The third kappa shape index (κ3) is 9.66. The largest absolute Gasteiger partial charge is 0.463 e. The molecule has 0 bridgehead atoms. The highest BCUT2D eigenvalue weighted by molar-refractivity contribution is 5.69. The van der Waals surface area contributed by atoms with Crippen LogP contribution in [-0.4, -0.2) is 94.8 Å². The number of aliphatic hydroxyl groups excluding tert-OH is 1. The summed E-state index contributed by atoms with van der Waals surface area (Å²) in [5.74, 6) is 3.43. The number of hydrogen-bond donors (Lipinski definition) is 7. The highest BCUT2D eigenvalue weighted by Gasteiger charge is 2.62. The zero-order chi connectivity index (χ0) is 33.2. The molecule has 4 aliphatic carbocycles. The molecule has 0 aromatic heterocycles. The molecule has 4 fully saturated rings. The molecule has 0 heterocycles. The van der Waals surface area contributed by atoms with Gasteiger partial charge in [0.05, 0.1) is 12.2 Å². The van der Waals surface area contributed by atoms with Crippen molar-refractivity contribution >= 4 is 5.97 Å². The highest BCUT2D eigenvalue weighted by atomic mass is 16.5. The van der Waals surface area contributed by atoms with Gasteiger partial charge < -0.3 is 42.2 Å². The van der Waals surface area contributed by atoms with E-state index in [4.69, 9.17) is 10.5 Å². The first kappa shape index (κ1) is 38.0. The van der Waals surface area contributed by atoms with Crippen LogP contribution in [0.1, 0.15) is 98.8 Å². The summed E-state index contributed by atoms with van der Waals surface area (Å²) >= 11 is 0. The predicted molar refractivity (Wildman–Crippen MR) is 189 cm³/mol. The minimum atomic E-state index is -0.168. The van der Waals surface area contributed by atoms with Gasteiger partial charge >= 0.3 is 5.97 Å². The van der Waals surface area contributed by atoms with Gasteiger partial charge in [0.15, 0.2) is 0 Å². The van der Waals surface area contributed by atoms with Gasteiger partial charge in [-0.15, -0.1) is 0 Å². The van der Waals surface area contributed by atoms with E-state index in [9.17, 15) is 9.90 Å². The van der Waals surface area contributed by atoms with Crippen LogP contribution in [-0.2, 0) is 9.53 Å². The first-order valence-electron chi connectivity index (χ1n) is 19.2. The van der Waals surface area contributed by atoms with E-state index in [2.05, 4.69) is 47.4 Å². The van der Waals surface area contributed by atoms with E-state index in [-0.39, 0.29) is 23.6 Å². The zero-order valence-electron chi connectivity index (χ0n) is 30.2. The Hall–Kier alpha value is -0.810. The first-order valence-corrected chi connectivity index (χ1v) is 19.2. The molecule has 0 aromatic carbocycles. The summed E-state index contributed by atoms with van der Waals surface area (Å²) in [5.41, 5.74) is 6.12. The molecule has 9 heteroatoms. The molecule has 0 spiro atoms. The van der Waals surface area contributed by atoms with Crippen LogP contribution in [0.5, 0.6) is 0 Å². The number of nitrogens with one attached hydrogen (secondary N) is 5. The minimum absolute atomic E-state index is 0.0382. The molecule has 0 amide bonds. The summed E-state index contributed by atoms with van der Waals surface area (Å²) in [4.78, 5) is 12.3. The SMILES string of the molecule is CC(C)OC(=O)CC[C@@H](C)C1CCC2C3C(CC[C@@]21C)[C@@]1(C)CC[C@H](NCCNCCNCCNCCNCCN)CC1C[C@H]3O. The second-order valence-corrected chi connectivity index (χ2v) is 16.3. The van der Waals surface area contributed by atoms with Crippen LogP contribution in [0, 0.1) is 46.3 Å². The fourth-order valence-electron chi connectivity index (χ4n) is 10.7. The van der Waals surface area contributed by atoms with Gasteiger partial charge in [0.1, 0.15) is 0 Å². The van der Waals surface area contributed by atoms with Crippen LogP contribution in [0.4, 0.5) is 0 Å². The van der Waals surface area contributed by atoms with Crippen molar-refractivity contribution in [2.24, 2.45) is 52.1 Å². The Balaban J connectivity index is 1.16. The molecule has 8 N–H and O–H groups in total. The van der Waals surface area contributed by atoms with Crippen molar-refractivity contribution in [3.8, 4) is 0 Å². The van der Waals surface area contributed by atoms with E-state index in [0.717, 1.165) is 71.7 Å². The molecule has 4 rings (SSSR count). The lowest BCUT2D eigenvalue weighted by Gasteiger charge is -2.62. The Morgan fingerprint density at radius 3 is 2.02 bits per heavy atom. The van der Waals surface area contributed by atoms with Crippen molar-refractivity contribution in [1.82, 2.24) is 26.6 Å². The predicted octanol–water partition coefficient (Wildman–Crippen LogP) is 3.26. The van der Waals surface area contributed by atoms with E-state index < -0.39 is 0 Å². The Labute approximate surface area is 281 Å². The lowest BCUT2D eigenvalue weighted by Crippen LogP contribution is -2.59. The van der Waals surface area contributed by atoms with E-state index in [1.54, 1.807) is 0 Å². The maximum absolute atomic E-state index is 12.3. The molecule has 4 saturated carbocycles. The maximum atomic E-state index is 12.3. The molecular weight excluding hydrogens is 576 g/mol. The standard InChI is InChI=1S/C37H72N6O3/c1-26(2)46-34(45)9-6-27(3)30-7-8-31-35-32(11-13-37(30,31)5)36(4)12-10-29(24-28(36)25-33(35)44)43-23-22-42-21-20-41-19-18-40-17-16-39-15-14-38/h26-33,35,39-44H,6-25,38H2,1-5H3/t27-,28?,29+,30?,31?,32?,33-,35?,36+,37-/m1/s1. The number of nitrogens with two attached hydrogens (primary N) is 1. The number of carbonyl (C=O) groups excluding carboxylic acids is 1. The Morgan fingerprint density at radius 2 is 1.39 bits per heavy atom. The van der Waals surface area contributed by atoms with Gasteiger partial charge in [0.25, 0.3) is 0 Å². The van der Waals surface area contributed by atoms with Crippen molar-refractivity contribution in [1.29, 1.82) is 0 Å². The fourth-order valence-corrected chi connectivity index (χ4v) is 10.7. The number of ether oxygens (including phenoxy) is 1. The van der Waals surface area contributed by atoms with E-state index in [0.29, 0.717) is 59.9 Å². The molecule has 0 radical (unpaired) electrons. The average molecular weight is 649 g/mol. The molecule has 0 saturated heterocycles. The Kier molecular flexibility index (Phi) is 15.1. The second kappa shape index (κ2) is 18.3. The van der Waals surface area contributed by atoms with Crippen LogP contribution < -0.4 is 32.3 Å². The van der Waals surface area contributed by atoms with Gasteiger partial charge in [-0.05, 0) is 118 Å². The van der Waals surface area contributed by atoms with Gasteiger partial charge in [0, 0.05) is 77.9 Å². The third-order valence-corrected chi connectivity index (χ3v) is 13.1. The second-order valence-electron chi connectivity index (χ2n) is 16.3. The van der Waals surface area contributed by atoms with E-state index in [1.165, 1.54) is 44.9 Å². The molecule has 4 aliphatic rings. The molecule has 46 heavy (non-hydrogen) atoms. The van der Waals surface area contributed by atoms with Crippen LogP contribution >= 0.6 is 0 Å². The first-order chi connectivity index (χ1) is 22.1. The fraction of sp³-hybridized carbons (Fsp3) is 0.973. The summed E-state index contributed by atoms with van der Waals surface area (Å²) in [7, 11) is 0. The van der Waals surface area contributed by atoms with Gasteiger partial charge in [-0.1, -0.05) is 20.8 Å². The number of hydrogen-bond acceptors (Lipinski definition) is 9. The smallest absolute Gasteiger partial charge is 0.306 e. The van der Waals surface area contributed by atoms with Crippen LogP contribution in [0.25, 0.3) is 0 Å². The summed E-state index contributed by atoms with van der Waals surface area (Å²) in [6.45, 7) is 20.9. The third-order valence-electron chi connectivity index (χ3n) is 13.1. The van der Waals surface area contributed by atoms with Gasteiger partial charge in [-0.25, -0.2) is 0 Å². The number of carbonyl (C=O) groups is 1. The normalized spacial score (nSPS) is 36.2. The topological polar surface area (TPSA) is 133 Å². The van der Waals surface area contributed by atoms with Crippen molar-refractivity contribution in [2.45, 2.75) is 117 Å². The molecule has 9 nitrogen and oxygen atoms in total. The van der Waals surface area contributed by atoms with Crippen molar-refractivity contribution in [2.75, 3.05) is 65.4 Å². The molecule has 0 aliphatic heterocycles. The average Bonchev–Trinajstić information content (AvgIpc) is 3.37. The highest BCUT2D eigenvalue weighted by Crippen LogP contribution is 2.68. The minimum Gasteiger partial charge on any atom is -0.463 e. The van der Waals surface area contributed by atoms with Crippen molar-refractivity contribution in [3.05, 3.63) is 0 Å². The van der Waals surface area contributed by atoms with Gasteiger partial charge in [0.2, 0.25) is 0 Å². The maximum Gasteiger partial charge on any atom is 0.306 e. The molecule has 0 aromatic rings. The van der Waals surface area contributed by atoms with Gasteiger partial charge in [-0.2, -0.15) is 0 Å². The molecule has 5 unspecified atom stereocenters. The molecule has 268 valence electrons. The number of aliphatic hydroxyl groups is 1. The van der Waals surface area contributed by atoms with Crippen molar-refractivity contribution in [3.63, 3.8) is 0 Å². The number of fused-ring (bicyclic) bond motifs is 5. The lowest BCUT2D eigenvalue weighted by atomic mass is 9.43. The summed E-state index contributed by atoms with van der Waals surface area (Å²) in [5, 5.41) is 29.5. The molecule has 10 atom stereocenters. The Bertz CT molecular complexity index is 908. The van der Waals surface area contributed by atoms with Crippen LogP contribution in [0.15, 0.2) is 0 Å². The number of rotatable bonds is 20. The summed E-state index contributed by atoms with van der Waals surface area (Å²) in [6, 6.07) is 0.570. The van der Waals surface area contributed by atoms with Crippen molar-refractivity contribution < 1.29 is 14.6 Å². The van der Waals surface area contributed by atoms with E-state index in [1.807, 2.05) is 13.8 Å². The van der Waals surface area contributed by atoms with Crippen LogP contribution in [0.3, 0.4) is 0 Å². The quantitative estimate of drug-likeness (QED) is 0.0785. The summed E-state index contributed by atoms with van der Waals surface area (Å²) < 4.78 is 5.43. The monoisotopic (exact) mass is 649 g/mol. The van der Waals surface area contributed by atoms with Gasteiger partial charge in [-0.3, -0.25) is 4.79 Å². The lowest BCUT2D eigenvalue weighted by molar-refractivity contribution is -0.167. The van der Waals surface area contributed by atoms with E-state index >= 15 is 0 Å². The summed E-state index contributed by atoms with van der Waals surface area (Å²) in [6.07, 6.45) is 11.0. The molecular formula is C37H72N6O3. The number of esters is 1. The zero-order valence-corrected chi connectivity index (χ0v) is 30.2. The van der Waals surface area contributed by atoms with Crippen LogP contribution in [0.2, 0.25) is 0 Å². The Morgan fingerprint density at radius 1 is 0.804 bits per heavy atom.